The van der Waals surface area contributed by atoms with E-state index in [-0.39, 0.29) is 11.5 Å². The van der Waals surface area contributed by atoms with Gasteiger partial charge in [0.15, 0.2) is 5.82 Å². The fraction of sp³-hybridized carbons (Fsp3) is 0.400. The number of rotatable bonds is 4. The summed E-state index contributed by atoms with van der Waals surface area (Å²) in [5, 5.41) is 0. The molecule has 5 rings (SSSR count). The number of hydrogen-bond donors (Lipinski definition) is 0. The number of aromatic nitrogens is 2. The summed E-state index contributed by atoms with van der Waals surface area (Å²) in [5.74, 6) is 0.586. The van der Waals surface area contributed by atoms with Crippen LogP contribution < -0.4 is 15.4 Å². The lowest BCUT2D eigenvalue weighted by molar-refractivity contribution is -0.118. The van der Waals surface area contributed by atoms with Gasteiger partial charge in [-0.15, -0.1) is 0 Å². The second-order valence-electron chi connectivity index (χ2n) is 8.61. The first-order valence-corrected chi connectivity index (χ1v) is 11.3. The molecular formula is C25H28N4O2. The molecule has 0 atom stereocenters. The quantitative estimate of drug-likeness (QED) is 0.651. The standard InChI is InChI=1S/C25H28N4O2/c1-18-10-11-21-19(17-18)7-6-15-28(21)23(30)12-16-29-22-9-3-2-8-20(22)26-24(25(29)31)27-13-4-5-14-27/h2-3,8-11,17H,4-7,12-16H2,1H3. The maximum atomic E-state index is 13.3. The van der Waals surface area contributed by atoms with Gasteiger partial charge in [0.25, 0.3) is 5.56 Å². The topological polar surface area (TPSA) is 58.4 Å². The number of anilines is 2. The predicted octanol–water partition coefficient (Wildman–Crippen LogP) is 3.67. The van der Waals surface area contributed by atoms with Gasteiger partial charge in [-0.25, -0.2) is 4.98 Å². The molecule has 2 aromatic carbocycles. The van der Waals surface area contributed by atoms with Crippen molar-refractivity contribution >= 4 is 28.4 Å². The van der Waals surface area contributed by atoms with Crippen molar-refractivity contribution in [3.05, 3.63) is 63.9 Å². The van der Waals surface area contributed by atoms with E-state index in [1.54, 1.807) is 4.57 Å². The average Bonchev–Trinajstić information content (AvgIpc) is 3.32. The molecule has 3 aromatic rings. The van der Waals surface area contributed by atoms with Gasteiger partial charge in [0.2, 0.25) is 5.91 Å². The van der Waals surface area contributed by atoms with E-state index < -0.39 is 0 Å². The Balaban J connectivity index is 1.44. The first-order chi connectivity index (χ1) is 15.1. The molecular weight excluding hydrogens is 388 g/mol. The molecule has 0 radical (unpaired) electrons. The van der Waals surface area contributed by atoms with Crippen molar-refractivity contribution in [1.82, 2.24) is 9.55 Å². The van der Waals surface area contributed by atoms with Crippen LogP contribution in [0.3, 0.4) is 0 Å². The van der Waals surface area contributed by atoms with Gasteiger partial charge in [-0.2, -0.15) is 0 Å². The number of carbonyl (C=O) groups excluding carboxylic acids is 1. The molecule has 1 saturated heterocycles. The van der Waals surface area contributed by atoms with Crippen LogP contribution in [0.25, 0.3) is 11.0 Å². The predicted molar refractivity (Wildman–Crippen MR) is 124 cm³/mol. The molecule has 3 heterocycles. The van der Waals surface area contributed by atoms with Crippen molar-refractivity contribution in [3.63, 3.8) is 0 Å². The number of benzene rings is 2. The summed E-state index contributed by atoms with van der Waals surface area (Å²) in [5.41, 5.74) is 4.97. The molecule has 0 N–H and O–H groups in total. The Morgan fingerprint density at radius 1 is 1.03 bits per heavy atom. The van der Waals surface area contributed by atoms with Gasteiger partial charge in [-0.1, -0.05) is 29.8 Å². The third-order valence-electron chi connectivity index (χ3n) is 6.44. The van der Waals surface area contributed by atoms with Crippen molar-refractivity contribution in [2.75, 3.05) is 29.4 Å². The lowest BCUT2D eigenvalue weighted by Crippen LogP contribution is -2.37. The monoisotopic (exact) mass is 416 g/mol. The molecule has 1 fully saturated rings. The summed E-state index contributed by atoms with van der Waals surface area (Å²) >= 11 is 0. The minimum Gasteiger partial charge on any atom is -0.352 e. The molecule has 0 saturated carbocycles. The van der Waals surface area contributed by atoms with Crippen LogP contribution in [0.2, 0.25) is 0 Å². The third-order valence-corrected chi connectivity index (χ3v) is 6.44. The number of amides is 1. The summed E-state index contributed by atoms with van der Waals surface area (Å²) in [6.07, 6.45) is 4.44. The van der Waals surface area contributed by atoms with Crippen molar-refractivity contribution < 1.29 is 4.79 Å². The van der Waals surface area contributed by atoms with Crippen molar-refractivity contribution in [2.45, 2.75) is 45.6 Å². The normalized spacial score (nSPS) is 16.0. The Morgan fingerprint density at radius 3 is 2.68 bits per heavy atom. The first-order valence-electron chi connectivity index (χ1n) is 11.3. The molecule has 31 heavy (non-hydrogen) atoms. The van der Waals surface area contributed by atoms with E-state index in [0.29, 0.717) is 18.8 Å². The molecule has 0 unspecified atom stereocenters. The van der Waals surface area contributed by atoms with Gasteiger partial charge >= 0.3 is 0 Å². The Bertz CT molecular complexity index is 1190. The zero-order chi connectivity index (χ0) is 21.4. The van der Waals surface area contributed by atoms with E-state index in [9.17, 15) is 9.59 Å². The van der Waals surface area contributed by atoms with Crippen LogP contribution in [-0.4, -0.2) is 35.1 Å². The largest absolute Gasteiger partial charge is 0.352 e. The van der Waals surface area contributed by atoms with Gasteiger partial charge in [0.05, 0.1) is 11.0 Å². The lowest BCUT2D eigenvalue weighted by Gasteiger charge is -2.30. The van der Waals surface area contributed by atoms with Crippen LogP contribution in [0.1, 0.15) is 36.8 Å². The fourth-order valence-electron chi connectivity index (χ4n) is 4.86. The zero-order valence-corrected chi connectivity index (χ0v) is 18.0. The van der Waals surface area contributed by atoms with Crippen LogP contribution in [0.5, 0.6) is 0 Å². The Kier molecular flexibility index (Phi) is 5.22. The van der Waals surface area contributed by atoms with E-state index in [4.69, 9.17) is 0 Å². The fourth-order valence-corrected chi connectivity index (χ4v) is 4.86. The first kappa shape index (κ1) is 19.8. The van der Waals surface area contributed by atoms with Gasteiger partial charge in [0, 0.05) is 38.3 Å². The third kappa shape index (κ3) is 3.71. The van der Waals surface area contributed by atoms with E-state index >= 15 is 0 Å². The highest BCUT2D eigenvalue weighted by Crippen LogP contribution is 2.28. The summed E-state index contributed by atoms with van der Waals surface area (Å²) in [4.78, 5) is 35.2. The highest BCUT2D eigenvalue weighted by molar-refractivity contribution is 5.94. The van der Waals surface area contributed by atoms with Crippen LogP contribution in [-0.2, 0) is 17.8 Å². The summed E-state index contributed by atoms with van der Waals surface area (Å²) in [7, 11) is 0. The van der Waals surface area contributed by atoms with E-state index in [0.717, 1.165) is 62.0 Å². The Morgan fingerprint density at radius 2 is 1.84 bits per heavy atom. The van der Waals surface area contributed by atoms with Crippen molar-refractivity contribution in [1.29, 1.82) is 0 Å². The van der Waals surface area contributed by atoms with Gasteiger partial charge in [0.1, 0.15) is 0 Å². The lowest BCUT2D eigenvalue weighted by atomic mass is 9.99. The number of para-hydroxylation sites is 2. The average molecular weight is 417 g/mol. The molecule has 0 bridgehead atoms. The minimum atomic E-state index is -0.0944. The highest BCUT2D eigenvalue weighted by Gasteiger charge is 2.24. The molecule has 1 aromatic heterocycles. The molecule has 0 spiro atoms. The van der Waals surface area contributed by atoms with Crippen LogP contribution in [0.15, 0.2) is 47.3 Å². The molecule has 6 nitrogen and oxygen atoms in total. The van der Waals surface area contributed by atoms with Crippen LogP contribution in [0, 0.1) is 6.92 Å². The van der Waals surface area contributed by atoms with Crippen molar-refractivity contribution in [3.8, 4) is 0 Å². The SMILES string of the molecule is Cc1ccc2c(c1)CCCN2C(=O)CCn1c(=O)c(N2CCCC2)nc2ccccc21. The molecule has 160 valence electrons. The van der Waals surface area contributed by atoms with E-state index in [2.05, 4.69) is 35.0 Å². The molecule has 2 aliphatic rings. The van der Waals surface area contributed by atoms with Crippen molar-refractivity contribution in [2.24, 2.45) is 0 Å². The smallest absolute Gasteiger partial charge is 0.294 e. The van der Waals surface area contributed by atoms with E-state index in [1.807, 2.05) is 29.2 Å². The number of nitrogens with zero attached hydrogens (tertiary/aromatic N) is 4. The number of carbonyl (C=O) groups is 1. The highest BCUT2D eigenvalue weighted by atomic mass is 16.2. The maximum absolute atomic E-state index is 13.3. The van der Waals surface area contributed by atoms with Crippen LogP contribution >= 0.6 is 0 Å². The van der Waals surface area contributed by atoms with Crippen LogP contribution in [0.4, 0.5) is 11.5 Å². The van der Waals surface area contributed by atoms with Gasteiger partial charge < -0.3 is 14.4 Å². The summed E-state index contributed by atoms with van der Waals surface area (Å²) in [6.45, 7) is 4.91. The van der Waals surface area contributed by atoms with E-state index in [1.165, 1.54) is 11.1 Å². The number of fused-ring (bicyclic) bond motifs is 2. The Labute approximate surface area is 182 Å². The second-order valence-corrected chi connectivity index (χ2v) is 8.61. The molecule has 6 heteroatoms. The minimum absolute atomic E-state index is 0.0697. The molecule has 2 aliphatic heterocycles. The summed E-state index contributed by atoms with van der Waals surface area (Å²) < 4.78 is 1.74. The number of hydrogen-bond acceptors (Lipinski definition) is 4. The molecule has 0 aliphatic carbocycles. The number of aryl methyl sites for hydroxylation is 3. The summed E-state index contributed by atoms with van der Waals surface area (Å²) in [6, 6.07) is 14.0. The van der Waals surface area contributed by atoms with Gasteiger partial charge in [-0.3, -0.25) is 9.59 Å². The molecule has 1 amide bonds. The second kappa shape index (κ2) is 8.17. The van der Waals surface area contributed by atoms with Gasteiger partial charge in [-0.05, 0) is 56.4 Å². The maximum Gasteiger partial charge on any atom is 0.294 e. The Hall–Kier alpha value is -3.15. The zero-order valence-electron chi connectivity index (χ0n) is 18.0.